The summed E-state index contributed by atoms with van der Waals surface area (Å²) in [7, 11) is 0. The van der Waals surface area contributed by atoms with Gasteiger partial charge in [0, 0.05) is 11.1 Å². The van der Waals surface area contributed by atoms with Crippen LogP contribution in [-0.2, 0) is 4.84 Å². The minimum absolute atomic E-state index is 0.705. The van der Waals surface area contributed by atoms with Gasteiger partial charge in [-0.15, -0.1) is 0 Å². The predicted octanol–water partition coefficient (Wildman–Crippen LogP) is 3.47. The average Bonchev–Trinajstić information content (AvgIpc) is 2.42. The maximum Gasteiger partial charge on any atom is 0.157 e. The molecule has 2 rings (SSSR count). The molecule has 0 heterocycles. The van der Waals surface area contributed by atoms with E-state index >= 15 is 0 Å². The van der Waals surface area contributed by atoms with Crippen LogP contribution in [0, 0.1) is 0 Å². The molecule has 0 spiro atoms. The molecule has 86 valence electrons. The summed E-state index contributed by atoms with van der Waals surface area (Å²) in [5, 5.41) is 0. The molecule has 2 N–H and O–H groups in total. The van der Waals surface area contributed by atoms with Gasteiger partial charge in [0.25, 0.3) is 0 Å². The van der Waals surface area contributed by atoms with E-state index in [4.69, 9.17) is 10.7 Å². The summed E-state index contributed by atoms with van der Waals surface area (Å²) >= 11 is 0. The lowest BCUT2D eigenvalue weighted by Gasteiger charge is -2.10. The van der Waals surface area contributed by atoms with E-state index < -0.39 is 0 Å². The zero-order valence-corrected chi connectivity index (χ0v) is 9.76. The molecule has 2 aromatic rings. The van der Waals surface area contributed by atoms with Crippen LogP contribution >= 0.6 is 0 Å². The molecule has 0 atom stereocenters. The number of allylic oxidation sites excluding steroid dienone is 1. The molecular formula is C15H15NO. The molecule has 0 radical (unpaired) electrons. The van der Waals surface area contributed by atoms with Crippen molar-refractivity contribution >= 4 is 11.3 Å². The standard InChI is InChI=1S/C15H15NO/c1-12(13-8-4-2-5-9-13)15(17-16)14-10-6-3-7-11-14/h2-11H,16H2,1H3/b15-12-. The zero-order valence-electron chi connectivity index (χ0n) is 9.76. The van der Waals surface area contributed by atoms with Gasteiger partial charge >= 0.3 is 0 Å². The van der Waals surface area contributed by atoms with Gasteiger partial charge in [-0.05, 0) is 12.5 Å². The summed E-state index contributed by atoms with van der Waals surface area (Å²) in [6.45, 7) is 2.00. The Morgan fingerprint density at radius 2 is 1.29 bits per heavy atom. The Bertz CT molecular complexity index is 503. The van der Waals surface area contributed by atoms with Crippen LogP contribution in [0.2, 0.25) is 0 Å². The maximum absolute atomic E-state index is 5.39. The van der Waals surface area contributed by atoms with Gasteiger partial charge in [0.15, 0.2) is 5.76 Å². The lowest BCUT2D eigenvalue weighted by Crippen LogP contribution is -2.01. The van der Waals surface area contributed by atoms with Crippen molar-refractivity contribution in [2.75, 3.05) is 0 Å². The number of nitrogens with two attached hydrogens (primary N) is 1. The van der Waals surface area contributed by atoms with E-state index in [1.165, 1.54) is 0 Å². The van der Waals surface area contributed by atoms with E-state index in [2.05, 4.69) is 0 Å². The van der Waals surface area contributed by atoms with Crippen molar-refractivity contribution in [2.45, 2.75) is 6.92 Å². The van der Waals surface area contributed by atoms with Crippen LogP contribution in [-0.4, -0.2) is 0 Å². The summed E-state index contributed by atoms with van der Waals surface area (Å²) in [4.78, 5) is 5.03. The van der Waals surface area contributed by atoms with Gasteiger partial charge in [0.2, 0.25) is 0 Å². The predicted molar refractivity (Wildman–Crippen MR) is 70.6 cm³/mol. The first kappa shape index (κ1) is 11.4. The zero-order chi connectivity index (χ0) is 12.1. The highest BCUT2D eigenvalue weighted by Gasteiger charge is 2.07. The summed E-state index contributed by atoms with van der Waals surface area (Å²) in [5.41, 5.74) is 3.12. The van der Waals surface area contributed by atoms with Crippen molar-refractivity contribution in [3.63, 3.8) is 0 Å². The van der Waals surface area contributed by atoms with E-state index in [1.54, 1.807) is 0 Å². The fraction of sp³-hybridized carbons (Fsp3) is 0.0667. The SMILES string of the molecule is C/C(=C(/ON)c1ccccc1)c1ccccc1. The lowest BCUT2D eigenvalue weighted by atomic mass is 10.0. The third kappa shape index (κ3) is 2.55. The summed E-state index contributed by atoms with van der Waals surface area (Å²) < 4.78 is 0. The van der Waals surface area contributed by atoms with Crippen LogP contribution in [0.5, 0.6) is 0 Å². The fourth-order valence-corrected chi connectivity index (χ4v) is 1.78. The van der Waals surface area contributed by atoms with Gasteiger partial charge in [-0.1, -0.05) is 60.7 Å². The topological polar surface area (TPSA) is 35.2 Å². The Labute approximate surface area is 101 Å². The van der Waals surface area contributed by atoms with Crippen LogP contribution in [0.4, 0.5) is 0 Å². The average molecular weight is 225 g/mol. The normalized spacial score (nSPS) is 11.9. The molecule has 0 saturated heterocycles. The molecular weight excluding hydrogens is 210 g/mol. The van der Waals surface area contributed by atoms with Crippen molar-refractivity contribution < 1.29 is 4.84 Å². The highest BCUT2D eigenvalue weighted by Crippen LogP contribution is 2.25. The summed E-state index contributed by atoms with van der Waals surface area (Å²) in [5.74, 6) is 6.09. The van der Waals surface area contributed by atoms with E-state index in [1.807, 2.05) is 67.6 Å². The molecule has 0 aliphatic carbocycles. The van der Waals surface area contributed by atoms with E-state index in [0.717, 1.165) is 16.7 Å². The Hall–Kier alpha value is -2.06. The monoisotopic (exact) mass is 225 g/mol. The molecule has 0 bridgehead atoms. The number of benzene rings is 2. The minimum atomic E-state index is 0.705. The van der Waals surface area contributed by atoms with Gasteiger partial charge < -0.3 is 4.84 Å². The third-order valence-corrected chi connectivity index (χ3v) is 2.70. The van der Waals surface area contributed by atoms with E-state index in [9.17, 15) is 0 Å². The first-order valence-corrected chi connectivity index (χ1v) is 5.51. The maximum atomic E-state index is 5.39. The van der Waals surface area contributed by atoms with Crippen molar-refractivity contribution in [2.24, 2.45) is 5.90 Å². The molecule has 2 nitrogen and oxygen atoms in total. The second-order valence-corrected chi connectivity index (χ2v) is 3.80. The number of hydrogen-bond donors (Lipinski definition) is 1. The van der Waals surface area contributed by atoms with Crippen LogP contribution in [0.25, 0.3) is 11.3 Å². The largest absolute Gasteiger partial charge is 0.411 e. The fourth-order valence-electron chi connectivity index (χ4n) is 1.78. The summed E-state index contributed by atoms with van der Waals surface area (Å²) in [6.07, 6.45) is 0. The second-order valence-electron chi connectivity index (χ2n) is 3.80. The van der Waals surface area contributed by atoms with Crippen molar-refractivity contribution in [1.82, 2.24) is 0 Å². The van der Waals surface area contributed by atoms with Crippen molar-refractivity contribution in [3.05, 3.63) is 71.8 Å². The van der Waals surface area contributed by atoms with Gasteiger partial charge in [-0.3, -0.25) is 0 Å². The molecule has 0 aliphatic rings. The van der Waals surface area contributed by atoms with Crippen LogP contribution in [0.15, 0.2) is 60.7 Å². The molecule has 2 heteroatoms. The molecule has 17 heavy (non-hydrogen) atoms. The molecule has 0 aliphatic heterocycles. The molecule has 0 fully saturated rings. The smallest absolute Gasteiger partial charge is 0.157 e. The van der Waals surface area contributed by atoms with E-state index in [0.29, 0.717) is 5.76 Å². The van der Waals surface area contributed by atoms with Gasteiger partial charge in [0.1, 0.15) is 0 Å². The summed E-state index contributed by atoms with van der Waals surface area (Å²) in [6, 6.07) is 19.9. The van der Waals surface area contributed by atoms with Gasteiger partial charge in [-0.25, -0.2) is 0 Å². The first-order valence-electron chi connectivity index (χ1n) is 5.51. The number of hydrogen-bond acceptors (Lipinski definition) is 2. The molecule has 0 saturated carbocycles. The van der Waals surface area contributed by atoms with E-state index in [-0.39, 0.29) is 0 Å². The molecule has 0 unspecified atom stereocenters. The lowest BCUT2D eigenvalue weighted by molar-refractivity contribution is 0.292. The Kier molecular flexibility index (Phi) is 3.58. The quantitative estimate of drug-likeness (QED) is 0.493. The molecule has 0 aromatic heterocycles. The van der Waals surface area contributed by atoms with Gasteiger partial charge in [0.05, 0.1) is 0 Å². The molecule has 0 amide bonds. The number of rotatable bonds is 3. The minimum Gasteiger partial charge on any atom is -0.411 e. The highest BCUT2D eigenvalue weighted by atomic mass is 16.6. The highest BCUT2D eigenvalue weighted by molar-refractivity contribution is 5.86. The Morgan fingerprint density at radius 3 is 1.76 bits per heavy atom. The second kappa shape index (κ2) is 5.32. The first-order chi connectivity index (χ1) is 8.33. The third-order valence-electron chi connectivity index (χ3n) is 2.70. The van der Waals surface area contributed by atoms with Crippen LogP contribution in [0.3, 0.4) is 0 Å². The van der Waals surface area contributed by atoms with Crippen molar-refractivity contribution in [1.29, 1.82) is 0 Å². The van der Waals surface area contributed by atoms with Gasteiger partial charge in [-0.2, -0.15) is 5.90 Å². The van der Waals surface area contributed by atoms with Crippen molar-refractivity contribution in [3.8, 4) is 0 Å². The Balaban J connectivity index is 2.48. The van der Waals surface area contributed by atoms with Crippen LogP contribution in [0.1, 0.15) is 18.1 Å². The molecule has 2 aromatic carbocycles. The van der Waals surface area contributed by atoms with Crippen LogP contribution < -0.4 is 5.90 Å². The Morgan fingerprint density at radius 1 is 0.824 bits per heavy atom.